The van der Waals surface area contributed by atoms with Crippen LogP contribution in [0.2, 0.25) is 0 Å². The van der Waals surface area contributed by atoms with E-state index in [0.717, 1.165) is 51.2 Å². The lowest BCUT2D eigenvalue weighted by Gasteiger charge is -2.23. The quantitative estimate of drug-likeness (QED) is 0.731. The third kappa shape index (κ3) is 4.15. The lowest BCUT2D eigenvalue weighted by Crippen LogP contribution is -2.35. The summed E-state index contributed by atoms with van der Waals surface area (Å²) in [4.78, 5) is 11.9. The molecule has 0 spiro atoms. The molecule has 0 saturated carbocycles. The van der Waals surface area contributed by atoms with Gasteiger partial charge in [-0.3, -0.25) is 4.79 Å². The van der Waals surface area contributed by atoms with Crippen molar-refractivity contribution in [3.8, 4) is 0 Å². The van der Waals surface area contributed by atoms with Crippen LogP contribution in [0.5, 0.6) is 0 Å². The van der Waals surface area contributed by atoms with Gasteiger partial charge in [0.05, 0.1) is 0 Å². The molecule has 1 aliphatic carbocycles. The van der Waals surface area contributed by atoms with Gasteiger partial charge in [0.15, 0.2) is 0 Å². The number of carbonyl (C=O) groups is 1. The van der Waals surface area contributed by atoms with Gasteiger partial charge in [-0.2, -0.15) is 0 Å². The van der Waals surface area contributed by atoms with E-state index in [2.05, 4.69) is 22.8 Å². The molecule has 1 saturated heterocycles. The summed E-state index contributed by atoms with van der Waals surface area (Å²) in [6.45, 7) is 3.14. The molecule has 3 heteroatoms. The molecule has 0 radical (unpaired) electrons. The zero-order valence-electron chi connectivity index (χ0n) is 10.6. The lowest BCUT2D eigenvalue weighted by atomic mass is 9.93. The van der Waals surface area contributed by atoms with Gasteiger partial charge in [-0.05, 0) is 57.5 Å². The molecule has 1 heterocycles. The fourth-order valence-electron chi connectivity index (χ4n) is 2.75. The van der Waals surface area contributed by atoms with Crippen molar-refractivity contribution in [3.05, 3.63) is 12.2 Å². The van der Waals surface area contributed by atoms with Gasteiger partial charge < -0.3 is 10.6 Å². The first kappa shape index (κ1) is 12.6. The Morgan fingerprint density at radius 3 is 3.00 bits per heavy atom. The van der Waals surface area contributed by atoms with E-state index in [9.17, 15) is 4.79 Å². The SMILES string of the molecule is O=C(NCCC1CCCNC1)C1CC=CCC1. The van der Waals surface area contributed by atoms with Gasteiger partial charge in [0.2, 0.25) is 5.91 Å². The van der Waals surface area contributed by atoms with Gasteiger partial charge in [-0.1, -0.05) is 12.2 Å². The monoisotopic (exact) mass is 236 g/mol. The maximum atomic E-state index is 11.9. The van der Waals surface area contributed by atoms with Crippen LogP contribution in [0.3, 0.4) is 0 Å². The Kier molecular flexibility index (Phi) is 5.05. The number of hydrogen-bond donors (Lipinski definition) is 2. The number of hydrogen-bond acceptors (Lipinski definition) is 2. The normalized spacial score (nSPS) is 28.9. The van der Waals surface area contributed by atoms with Crippen LogP contribution in [0.25, 0.3) is 0 Å². The summed E-state index contributed by atoms with van der Waals surface area (Å²) in [6.07, 6.45) is 11.0. The Hall–Kier alpha value is -0.830. The van der Waals surface area contributed by atoms with Crippen LogP contribution in [-0.2, 0) is 4.79 Å². The van der Waals surface area contributed by atoms with Crippen LogP contribution in [0, 0.1) is 11.8 Å². The summed E-state index contributed by atoms with van der Waals surface area (Å²) < 4.78 is 0. The predicted molar refractivity (Wildman–Crippen MR) is 69.7 cm³/mol. The minimum atomic E-state index is 0.226. The molecule has 0 aromatic heterocycles. The minimum absolute atomic E-state index is 0.226. The highest BCUT2D eigenvalue weighted by molar-refractivity contribution is 5.78. The predicted octanol–water partition coefficient (Wildman–Crippen LogP) is 1.85. The van der Waals surface area contributed by atoms with Crippen LogP contribution in [-0.4, -0.2) is 25.5 Å². The Balaban J connectivity index is 1.60. The molecule has 1 fully saturated rings. The van der Waals surface area contributed by atoms with E-state index in [1.165, 1.54) is 12.8 Å². The van der Waals surface area contributed by atoms with Gasteiger partial charge in [-0.15, -0.1) is 0 Å². The topological polar surface area (TPSA) is 41.1 Å². The first-order valence-electron chi connectivity index (χ1n) is 6.99. The smallest absolute Gasteiger partial charge is 0.223 e. The molecule has 0 aromatic rings. The largest absolute Gasteiger partial charge is 0.356 e. The van der Waals surface area contributed by atoms with Crippen molar-refractivity contribution in [1.29, 1.82) is 0 Å². The van der Waals surface area contributed by atoms with Gasteiger partial charge in [0.1, 0.15) is 0 Å². The third-order valence-electron chi connectivity index (χ3n) is 3.89. The second kappa shape index (κ2) is 6.80. The molecule has 1 amide bonds. The van der Waals surface area contributed by atoms with Crippen LogP contribution in [0.4, 0.5) is 0 Å². The van der Waals surface area contributed by atoms with Crippen LogP contribution in [0.15, 0.2) is 12.2 Å². The molecular weight excluding hydrogens is 212 g/mol. The Labute approximate surface area is 104 Å². The van der Waals surface area contributed by atoms with Gasteiger partial charge in [0, 0.05) is 12.5 Å². The number of rotatable bonds is 4. The van der Waals surface area contributed by atoms with Crippen molar-refractivity contribution in [2.75, 3.05) is 19.6 Å². The summed E-state index contributed by atoms with van der Waals surface area (Å²) in [5.41, 5.74) is 0. The van der Waals surface area contributed by atoms with Crippen molar-refractivity contribution in [1.82, 2.24) is 10.6 Å². The summed E-state index contributed by atoms with van der Waals surface area (Å²) in [7, 11) is 0. The minimum Gasteiger partial charge on any atom is -0.356 e. The van der Waals surface area contributed by atoms with E-state index in [1.807, 2.05) is 0 Å². The van der Waals surface area contributed by atoms with Gasteiger partial charge >= 0.3 is 0 Å². The maximum Gasteiger partial charge on any atom is 0.223 e. The lowest BCUT2D eigenvalue weighted by molar-refractivity contribution is -0.125. The average molecular weight is 236 g/mol. The van der Waals surface area contributed by atoms with Crippen LogP contribution in [0.1, 0.15) is 38.5 Å². The van der Waals surface area contributed by atoms with Crippen molar-refractivity contribution >= 4 is 5.91 Å². The highest BCUT2D eigenvalue weighted by Crippen LogP contribution is 2.18. The maximum absolute atomic E-state index is 11.9. The fraction of sp³-hybridized carbons (Fsp3) is 0.786. The zero-order valence-corrected chi connectivity index (χ0v) is 10.6. The zero-order chi connectivity index (χ0) is 11.9. The van der Waals surface area contributed by atoms with Gasteiger partial charge in [0.25, 0.3) is 0 Å². The molecule has 0 aromatic carbocycles. The Bertz CT molecular complexity index is 269. The summed E-state index contributed by atoms with van der Waals surface area (Å²) in [5.74, 6) is 1.25. The first-order valence-corrected chi connectivity index (χ1v) is 6.99. The number of allylic oxidation sites excluding steroid dienone is 2. The molecule has 0 bridgehead atoms. The molecule has 2 atom stereocenters. The molecule has 2 aliphatic rings. The van der Waals surface area contributed by atoms with E-state index in [4.69, 9.17) is 0 Å². The number of amides is 1. The summed E-state index contributed by atoms with van der Waals surface area (Å²) >= 11 is 0. The molecule has 3 nitrogen and oxygen atoms in total. The molecule has 2 unspecified atom stereocenters. The molecule has 17 heavy (non-hydrogen) atoms. The second-order valence-corrected chi connectivity index (χ2v) is 5.27. The number of piperidine rings is 1. The average Bonchev–Trinajstić information content (AvgIpc) is 2.41. The van der Waals surface area contributed by atoms with Gasteiger partial charge in [-0.25, -0.2) is 0 Å². The third-order valence-corrected chi connectivity index (χ3v) is 3.89. The molecule has 1 aliphatic heterocycles. The number of nitrogens with one attached hydrogen (secondary N) is 2. The van der Waals surface area contributed by atoms with Crippen molar-refractivity contribution in [2.24, 2.45) is 11.8 Å². The molecule has 2 N–H and O–H groups in total. The van der Waals surface area contributed by atoms with E-state index in [0.29, 0.717) is 0 Å². The first-order chi connectivity index (χ1) is 8.36. The highest BCUT2D eigenvalue weighted by atomic mass is 16.1. The molecule has 2 rings (SSSR count). The summed E-state index contributed by atoms with van der Waals surface area (Å²) in [5, 5.41) is 6.51. The standard InChI is InChI=1S/C14H24N2O/c17-14(13-6-2-1-3-7-13)16-10-8-12-5-4-9-15-11-12/h1-2,12-13,15H,3-11H2,(H,16,17). The van der Waals surface area contributed by atoms with E-state index < -0.39 is 0 Å². The van der Waals surface area contributed by atoms with E-state index >= 15 is 0 Å². The fourth-order valence-corrected chi connectivity index (χ4v) is 2.75. The number of carbonyl (C=O) groups excluding carboxylic acids is 1. The Morgan fingerprint density at radius 2 is 2.29 bits per heavy atom. The highest BCUT2D eigenvalue weighted by Gasteiger charge is 2.19. The molecular formula is C14H24N2O. The molecule has 96 valence electrons. The van der Waals surface area contributed by atoms with Crippen LogP contribution >= 0.6 is 0 Å². The van der Waals surface area contributed by atoms with E-state index in [1.54, 1.807) is 0 Å². The van der Waals surface area contributed by atoms with Crippen molar-refractivity contribution < 1.29 is 4.79 Å². The second-order valence-electron chi connectivity index (χ2n) is 5.27. The van der Waals surface area contributed by atoms with Crippen LogP contribution < -0.4 is 10.6 Å². The van der Waals surface area contributed by atoms with Crippen molar-refractivity contribution in [2.45, 2.75) is 38.5 Å². The van der Waals surface area contributed by atoms with Crippen molar-refractivity contribution in [3.63, 3.8) is 0 Å². The Morgan fingerprint density at radius 1 is 1.35 bits per heavy atom. The van der Waals surface area contributed by atoms with E-state index in [-0.39, 0.29) is 11.8 Å². The summed E-state index contributed by atoms with van der Waals surface area (Å²) in [6, 6.07) is 0.